The van der Waals surface area contributed by atoms with Gasteiger partial charge in [-0.15, -0.1) is 10.2 Å². The number of amides is 1. The van der Waals surface area contributed by atoms with Crippen molar-refractivity contribution in [3.05, 3.63) is 65.5 Å². The first-order valence-electron chi connectivity index (χ1n) is 9.54. The van der Waals surface area contributed by atoms with Gasteiger partial charge in [-0.1, -0.05) is 0 Å². The predicted octanol–water partition coefficient (Wildman–Crippen LogP) is 3.49. The fraction of sp³-hybridized carbons (Fsp3) is 0.273. The van der Waals surface area contributed by atoms with Crippen molar-refractivity contribution in [1.29, 1.82) is 0 Å². The van der Waals surface area contributed by atoms with E-state index < -0.39 is 0 Å². The smallest absolute Gasteiger partial charge is 0.253 e. The lowest BCUT2D eigenvalue weighted by Crippen LogP contribution is -2.40. The number of phenols is 1. The summed E-state index contributed by atoms with van der Waals surface area (Å²) in [5.74, 6) is 0.971. The van der Waals surface area contributed by atoms with Crippen LogP contribution in [-0.2, 0) is 0 Å². The van der Waals surface area contributed by atoms with Crippen molar-refractivity contribution < 1.29 is 19.1 Å². The van der Waals surface area contributed by atoms with Crippen LogP contribution in [0.15, 0.2) is 52.9 Å². The average molecular weight is 391 g/mol. The Morgan fingerprint density at radius 1 is 0.966 bits per heavy atom. The molecule has 2 aromatic carbocycles. The van der Waals surface area contributed by atoms with Crippen LogP contribution >= 0.6 is 0 Å². The standard InChI is InChI=1S/C22H21N3O4/c1-14-23-24-21(29-14)17-2-4-18(5-3-17)22(28)25-12-10-16(11-13-25)20(27)15-6-8-19(26)9-7-15/h2-9,16,26H,10-13H2,1H3. The molecule has 0 aliphatic carbocycles. The molecule has 29 heavy (non-hydrogen) atoms. The molecule has 0 bridgehead atoms. The molecule has 1 amide bonds. The Bertz CT molecular complexity index is 1020. The third-order valence-electron chi connectivity index (χ3n) is 5.21. The lowest BCUT2D eigenvalue weighted by Gasteiger charge is -2.31. The highest BCUT2D eigenvalue weighted by Crippen LogP contribution is 2.25. The number of aryl methyl sites for hydroxylation is 1. The van der Waals surface area contributed by atoms with Gasteiger partial charge in [0.25, 0.3) is 5.91 Å². The summed E-state index contributed by atoms with van der Waals surface area (Å²) in [5.41, 5.74) is 1.95. The van der Waals surface area contributed by atoms with E-state index in [0.29, 0.717) is 48.8 Å². The maximum absolute atomic E-state index is 12.8. The Morgan fingerprint density at radius 2 is 1.59 bits per heavy atom. The molecule has 1 fully saturated rings. The van der Waals surface area contributed by atoms with Gasteiger partial charge in [-0.05, 0) is 61.4 Å². The number of Topliss-reactive ketones (excluding diaryl/α,β-unsaturated/α-hetero) is 1. The quantitative estimate of drug-likeness (QED) is 0.684. The first kappa shape index (κ1) is 18.9. The minimum absolute atomic E-state index is 0.0474. The second-order valence-corrected chi connectivity index (χ2v) is 7.18. The number of benzene rings is 2. The number of carbonyl (C=O) groups excluding carboxylic acids is 2. The summed E-state index contributed by atoms with van der Waals surface area (Å²) < 4.78 is 5.40. The van der Waals surface area contributed by atoms with Crippen molar-refractivity contribution in [3.63, 3.8) is 0 Å². The molecule has 1 aliphatic rings. The monoisotopic (exact) mass is 391 g/mol. The van der Waals surface area contributed by atoms with Gasteiger partial charge in [0.1, 0.15) is 5.75 Å². The number of nitrogens with zero attached hydrogens (tertiary/aromatic N) is 3. The predicted molar refractivity (Wildman–Crippen MR) is 106 cm³/mol. The minimum Gasteiger partial charge on any atom is -0.508 e. The van der Waals surface area contributed by atoms with E-state index in [1.54, 1.807) is 48.2 Å². The molecule has 7 nitrogen and oxygen atoms in total. The van der Waals surface area contributed by atoms with Crippen LogP contribution in [0, 0.1) is 12.8 Å². The highest BCUT2D eigenvalue weighted by molar-refractivity contribution is 5.98. The summed E-state index contributed by atoms with van der Waals surface area (Å²) in [6.45, 7) is 2.81. The number of aromatic hydroxyl groups is 1. The number of aromatic nitrogens is 2. The highest BCUT2D eigenvalue weighted by atomic mass is 16.4. The largest absolute Gasteiger partial charge is 0.508 e. The molecule has 7 heteroatoms. The summed E-state index contributed by atoms with van der Waals surface area (Å²) in [6, 6.07) is 13.4. The molecule has 1 saturated heterocycles. The van der Waals surface area contributed by atoms with Gasteiger partial charge in [-0.2, -0.15) is 0 Å². The van der Waals surface area contributed by atoms with Crippen LogP contribution in [-0.4, -0.2) is 45.0 Å². The van der Waals surface area contributed by atoms with E-state index in [1.807, 2.05) is 0 Å². The van der Waals surface area contributed by atoms with E-state index in [9.17, 15) is 14.7 Å². The molecular formula is C22H21N3O4. The van der Waals surface area contributed by atoms with Gasteiger partial charge in [-0.25, -0.2) is 0 Å². The molecule has 1 aliphatic heterocycles. The number of hydrogen-bond donors (Lipinski definition) is 1. The fourth-order valence-corrected chi connectivity index (χ4v) is 3.56. The molecule has 0 unspecified atom stereocenters. The van der Waals surface area contributed by atoms with E-state index in [4.69, 9.17) is 4.42 Å². The highest BCUT2D eigenvalue weighted by Gasteiger charge is 2.28. The Balaban J connectivity index is 1.37. The van der Waals surface area contributed by atoms with E-state index in [0.717, 1.165) is 5.56 Å². The van der Waals surface area contributed by atoms with E-state index in [-0.39, 0.29) is 23.4 Å². The number of rotatable bonds is 4. The van der Waals surface area contributed by atoms with Crippen molar-refractivity contribution in [2.45, 2.75) is 19.8 Å². The van der Waals surface area contributed by atoms with E-state index >= 15 is 0 Å². The Hall–Kier alpha value is -3.48. The maximum atomic E-state index is 12.8. The summed E-state index contributed by atoms with van der Waals surface area (Å²) >= 11 is 0. The molecule has 0 atom stereocenters. The fourth-order valence-electron chi connectivity index (χ4n) is 3.56. The van der Waals surface area contributed by atoms with Gasteiger partial charge < -0.3 is 14.4 Å². The summed E-state index contributed by atoms with van der Waals surface area (Å²) in [4.78, 5) is 27.2. The number of ketones is 1. The van der Waals surface area contributed by atoms with Gasteiger partial charge in [0.15, 0.2) is 5.78 Å². The molecule has 0 saturated carbocycles. The van der Waals surface area contributed by atoms with Crippen molar-refractivity contribution in [2.24, 2.45) is 5.92 Å². The van der Waals surface area contributed by atoms with E-state index in [1.165, 1.54) is 12.1 Å². The molecule has 3 aromatic rings. The second kappa shape index (κ2) is 7.87. The average Bonchev–Trinajstić information content (AvgIpc) is 3.20. The molecule has 0 radical (unpaired) electrons. The van der Waals surface area contributed by atoms with Crippen LogP contribution in [0.25, 0.3) is 11.5 Å². The van der Waals surface area contributed by atoms with Crippen LogP contribution in [0.5, 0.6) is 5.75 Å². The zero-order chi connectivity index (χ0) is 20.4. The molecule has 2 heterocycles. The topological polar surface area (TPSA) is 96.5 Å². The molecule has 1 aromatic heterocycles. The first-order chi connectivity index (χ1) is 14.0. The van der Waals surface area contributed by atoms with Crippen molar-refractivity contribution in [2.75, 3.05) is 13.1 Å². The third kappa shape index (κ3) is 4.03. The molecule has 4 rings (SSSR count). The molecule has 0 spiro atoms. The second-order valence-electron chi connectivity index (χ2n) is 7.18. The Kier molecular flexibility index (Phi) is 5.12. The van der Waals surface area contributed by atoms with Crippen LogP contribution in [0.2, 0.25) is 0 Å². The number of carbonyl (C=O) groups is 2. The molecule has 148 valence electrons. The summed E-state index contributed by atoms with van der Waals surface area (Å²) in [5, 5.41) is 17.2. The zero-order valence-corrected chi connectivity index (χ0v) is 16.0. The minimum atomic E-state index is -0.105. The van der Waals surface area contributed by atoms with Gasteiger partial charge in [0, 0.05) is 42.6 Å². The SMILES string of the molecule is Cc1nnc(-c2ccc(C(=O)N3CCC(C(=O)c4ccc(O)cc4)CC3)cc2)o1. The number of phenolic OH excluding ortho intramolecular Hbond substituents is 1. The first-order valence-corrected chi connectivity index (χ1v) is 9.54. The van der Waals surface area contributed by atoms with Crippen LogP contribution in [0.3, 0.4) is 0 Å². The number of piperidine rings is 1. The van der Waals surface area contributed by atoms with E-state index in [2.05, 4.69) is 10.2 Å². The van der Waals surface area contributed by atoms with Crippen molar-refractivity contribution in [3.8, 4) is 17.2 Å². The number of hydrogen-bond acceptors (Lipinski definition) is 6. The van der Waals surface area contributed by atoms with Crippen LogP contribution in [0.1, 0.15) is 39.4 Å². The summed E-state index contributed by atoms with van der Waals surface area (Å²) in [7, 11) is 0. The van der Waals surface area contributed by atoms with Crippen LogP contribution in [0.4, 0.5) is 0 Å². The lowest BCUT2D eigenvalue weighted by atomic mass is 9.88. The number of likely N-dealkylation sites (tertiary alicyclic amines) is 1. The lowest BCUT2D eigenvalue weighted by molar-refractivity contribution is 0.0650. The Labute approximate surface area is 168 Å². The van der Waals surface area contributed by atoms with Crippen LogP contribution < -0.4 is 0 Å². The van der Waals surface area contributed by atoms with Crippen molar-refractivity contribution in [1.82, 2.24) is 15.1 Å². The Morgan fingerprint density at radius 3 is 2.17 bits per heavy atom. The molecular weight excluding hydrogens is 370 g/mol. The van der Waals surface area contributed by atoms with Gasteiger partial charge in [0.2, 0.25) is 11.8 Å². The third-order valence-corrected chi connectivity index (χ3v) is 5.21. The molecule has 1 N–H and O–H groups in total. The maximum Gasteiger partial charge on any atom is 0.253 e. The van der Waals surface area contributed by atoms with Gasteiger partial charge in [-0.3, -0.25) is 9.59 Å². The van der Waals surface area contributed by atoms with Crippen molar-refractivity contribution >= 4 is 11.7 Å². The normalized spacial score (nSPS) is 14.7. The van der Waals surface area contributed by atoms with Gasteiger partial charge >= 0.3 is 0 Å². The van der Waals surface area contributed by atoms with Gasteiger partial charge in [0.05, 0.1) is 0 Å². The summed E-state index contributed by atoms with van der Waals surface area (Å²) in [6.07, 6.45) is 1.26. The zero-order valence-electron chi connectivity index (χ0n) is 16.0.